The van der Waals surface area contributed by atoms with E-state index in [1.165, 1.54) is 0 Å². The first kappa shape index (κ1) is 8.35. The first-order valence-corrected chi connectivity index (χ1v) is 2.56. The summed E-state index contributed by atoms with van der Waals surface area (Å²) in [5.41, 5.74) is 0. The maximum atomic E-state index is 11.3. The highest BCUT2D eigenvalue weighted by Gasteiger charge is 2.25. The molecule has 52 valence electrons. The van der Waals surface area contributed by atoms with Crippen LogP contribution in [-0.4, -0.2) is 6.18 Å². The van der Waals surface area contributed by atoms with Crippen LogP contribution in [-0.2, 0) is 0 Å². The van der Waals surface area contributed by atoms with E-state index in [1.54, 1.807) is 0 Å². The molecule has 0 bridgehead atoms. The van der Waals surface area contributed by atoms with Crippen LogP contribution in [0.25, 0.3) is 0 Å². The normalized spacial score (nSPS) is 10.9. The SMILES string of the molecule is C#CCCCC(F)(F)F. The van der Waals surface area contributed by atoms with Gasteiger partial charge in [-0.1, -0.05) is 0 Å². The van der Waals surface area contributed by atoms with E-state index in [2.05, 4.69) is 5.92 Å². The van der Waals surface area contributed by atoms with Crippen LogP contribution >= 0.6 is 0 Å². The minimum atomic E-state index is -4.04. The monoisotopic (exact) mass is 136 g/mol. The first-order valence-electron chi connectivity index (χ1n) is 2.56. The van der Waals surface area contributed by atoms with Gasteiger partial charge in [0.05, 0.1) is 0 Å². The largest absolute Gasteiger partial charge is 0.389 e. The molecule has 9 heavy (non-hydrogen) atoms. The molecule has 0 aromatic heterocycles. The Morgan fingerprint density at radius 2 is 1.89 bits per heavy atom. The van der Waals surface area contributed by atoms with Gasteiger partial charge in [-0.15, -0.1) is 12.3 Å². The summed E-state index contributed by atoms with van der Waals surface area (Å²) >= 11 is 0. The molecular weight excluding hydrogens is 129 g/mol. The summed E-state index contributed by atoms with van der Waals surface area (Å²) in [5.74, 6) is 2.14. The zero-order chi connectivity index (χ0) is 7.33. The minimum absolute atomic E-state index is 0.0417. The standard InChI is InChI=1S/C6H7F3/c1-2-3-4-5-6(7,8)9/h1H,3-5H2. The third-order valence-electron chi connectivity index (χ3n) is 0.781. The van der Waals surface area contributed by atoms with Crippen LogP contribution in [0.5, 0.6) is 0 Å². The number of rotatable bonds is 2. The Balaban J connectivity index is 3.20. The summed E-state index contributed by atoms with van der Waals surface area (Å²) in [6.07, 6.45) is 0.179. The molecule has 0 aromatic carbocycles. The molecular formula is C6H7F3. The highest BCUT2D eigenvalue weighted by atomic mass is 19.4. The highest BCUT2D eigenvalue weighted by molar-refractivity contribution is 4.83. The van der Waals surface area contributed by atoms with Crippen LogP contribution < -0.4 is 0 Å². The molecule has 0 rings (SSSR count). The molecule has 0 N–H and O–H groups in total. The molecule has 0 saturated heterocycles. The number of halogens is 3. The number of alkyl halides is 3. The quantitative estimate of drug-likeness (QED) is 0.403. The van der Waals surface area contributed by atoms with Gasteiger partial charge in [-0.2, -0.15) is 13.2 Å². The van der Waals surface area contributed by atoms with Crippen LogP contribution in [0.3, 0.4) is 0 Å². The number of hydrogen-bond donors (Lipinski definition) is 0. The minimum Gasteiger partial charge on any atom is -0.171 e. The highest BCUT2D eigenvalue weighted by Crippen LogP contribution is 2.21. The Bertz CT molecular complexity index is 106. The van der Waals surface area contributed by atoms with Crippen LogP contribution in [0.15, 0.2) is 0 Å². The fourth-order valence-corrected chi connectivity index (χ4v) is 0.391. The summed E-state index contributed by atoms with van der Waals surface area (Å²) in [5, 5.41) is 0. The van der Waals surface area contributed by atoms with Crippen LogP contribution in [0.2, 0.25) is 0 Å². The predicted molar refractivity (Wildman–Crippen MR) is 28.7 cm³/mol. The topological polar surface area (TPSA) is 0 Å². The number of hydrogen-bond acceptors (Lipinski definition) is 0. The number of unbranched alkanes of at least 4 members (excludes halogenated alkanes) is 1. The van der Waals surface area contributed by atoms with Gasteiger partial charge in [0.1, 0.15) is 0 Å². The Kier molecular flexibility index (Phi) is 3.15. The maximum absolute atomic E-state index is 11.3. The van der Waals surface area contributed by atoms with Crippen molar-refractivity contribution in [2.24, 2.45) is 0 Å². The summed E-state index contributed by atoms with van der Waals surface area (Å²) in [6, 6.07) is 0. The second-order valence-electron chi connectivity index (χ2n) is 1.67. The van der Waals surface area contributed by atoms with Crippen molar-refractivity contribution in [2.75, 3.05) is 0 Å². The van der Waals surface area contributed by atoms with Gasteiger partial charge in [0.25, 0.3) is 0 Å². The molecule has 0 aromatic rings. The molecule has 0 saturated carbocycles. The number of terminal acetylenes is 1. The van der Waals surface area contributed by atoms with Crippen molar-refractivity contribution in [3.8, 4) is 12.3 Å². The molecule has 0 aliphatic carbocycles. The molecule has 3 heteroatoms. The zero-order valence-corrected chi connectivity index (χ0v) is 4.83. The molecule has 0 heterocycles. The van der Waals surface area contributed by atoms with Crippen LogP contribution in [0, 0.1) is 12.3 Å². The fraction of sp³-hybridized carbons (Fsp3) is 0.667. The van der Waals surface area contributed by atoms with Crippen molar-refractivity contribution in [2.45, 2.75) is 25.4 Å². The average Bonchev–Trinajstić information content (AvgIpc) is 1.63. The first-order chi connectivity index (χ1) is 4.06. The van der Waals surface area contributed by atoms with Crippen molar-refractivity contribution in [1.82, 2.24) is 0 Å². The van der Waals surface area contributed by atoms with Gasteiger partial charge in [-0.05, 0) is 6.42 Å². The van der Waals surface area contributed by atoms with E-state index >= 15 is 0 Å². The Morgan fingerprint density at radius 1 is 1.33 bits per heavy atom. The lowest BCUT2D eigenvalue weighted by molar-refractivity contribution is -0.135. The molecule has 0 nitrogen and oxygen atoms in total. The molecule has 0 amide bonds. The Hall–Kier alpha value is -0.650. The van der Waals surface area contributed by atoms with E-state index in [0.29, 0.717) is 0 Å². The van der Waals surface area contributed by atoms with Crippen molar-refractivity contribution in [1.29, 1.82) is 0 Å². The zero-order valence-electron chi connectivity index (χ0n) is 4.83. The second-order valence-corrected chi connectivity index (χ2v) is 1.67. The van der Waals surface area contributed by atoms with Gasteiger partial charge >= 0.3 is 6.18 Å². The molecule has 0 radical (unpaired) electrons. The van der Waals surface area contributed by atoms with Crippen molar-refractivity contribution in [3.63, 3.8) is 0 Å². The van der Waals surface area contributed by atoms with Gasteiger partial charge in [-0.25, -0.2) is 0 Å². The summed E-state index contributed by atoms with van der Waals surface area (Å²) < 4.78 is 33.9. The fourth-order valence-electron chi connectivity index (χ4n) is 0.391. The molecule has 0 fully saturated rings. The van der Waals surface area contributed by atoms with Crippen molar-refractivity contribution >= 4 is 0 Å². The summed E-state index contributed by atoms with van der Waals surface area (Å²) in [4.78, 5) is 0. The lowest BCUT2D eigenvalue weighted by Gasteiger charge is -2.01. The van der Waals surface area contributed by atoms with Gasteiger partial charge in [0, 0.05) is 12.8 Å². The van der Waals surface area contributed by atoms with Gasteiger partial charge < -0.3 is 0 Å². The summed E-state index contributed by atoms with van der Waals surface area (Å²) in [6.45, 7) is 0. The van der Waals surface area contributed by atoms with Gasteiger partial charge in [-0.3, -0.25) is 0 Å². The Morgan fingerprint density at radius 3 is 2.22 bits per heavy atom. The summed E-state index contributed by atoms with van der Waals surface area (Å²) in [7, 11) is 0. The molecule has 0 unspecified atom stereocenters. The van der Waals surface area contributed by atoms with E-state index in [9.17, 15) is 13.2 Å². The maximum Gasteiger partial charge on any atom is 0.389 e. The lowest BCUT2D eigenvalue weighted by Crippen LogP contribution is -2.05. The van der Waals surface area contributed by atoms with E-state index in [-0.39, 0.29) is 12.8 Å². The predicted octanol–water partition coefficient (Wildman–Crippen LogP) is 2.35. The lowest BCUT2D eigenvalue weighted by atomic mass is 10.2. The Labute approximate surface area is 52.1 Å². The molecule has 0 atom stereocenters. The molecule has 0 aliphatic heterocycles. The molecule has 0 spiro atoms. The average molecular weight is 136 g/mol. The molecule has 0 aliphatic rings. The smallest absolute Gasteiger partial charge is 0.171 e. The van der Waals surface area contributed by atoms with E-state index < -0.39 is 12.6 Å². The van der Waals surface area contributed by atoms with Crippen molar-refractivity contribution < 1.29 is 13.2 Å². The van der Waals surface area contributed by atoms with Gasteiger partial charge in [0.2, 0.25) is 0 Å². The van der Waals surface area contributed by atoms with E-state index in [4.69, 9.17) is 6.42 Å². The third kappa shape index (κ3) is 7.35. The van der Waals surface area contributed by atoms with E-state index in [0.717, 1.165) is 0 Å². The van der Waals surface area contributed by atoms with Crippen LogP contribution in [0.4, 0.5) is 13.2 Å². The van der Waals surface area contributed by atoms with Crippen LogP contribution in [0.1, 0.15) is 19.3 Å². The van der Waals surface area contributed by atoms with E-state index in [1.807, 2.05) is 0 Å². The van der Waals surface area contributed by atoms with Crippen molar-refractivity contribution in [3.05, 3.63) is 0 Å². The second kappa shape index (κ2) is 3.39. The van der Waals surface area contributed by atoms with Gasteiger partial charge in [0.15, 0.2) is 0 Å². The third-order valence-corrected chi connectivity index (χ3v) is 0.781.